The molecule has 0 aliphatic carbocycles. The molecule has 0 N–H and O–H groups in total. The predicted molar refractivity (Wildman–Crippen MR) is 54.4 cm³/mol. The van der Waals surface area contributed by atoms with Gasteiger partial charge >= 0.3 is 5.97 Å². The average molecular weight is 195 g/mol. The minimum absolute atomic E-state index is 0.176. The zero-order valence-corrected chi connectivity index (χ0v) is 8.66. The number of rotatable bonds is 7. The highest BCUT2D eigenvalue weighted by atomic mass is 16.5. The lowest BCUT2D eigenvalue weighted by Gasteiger charge is -2.07. The van der Waals surface area contributed by atoms with Gasteiger partial charge in [0.2, 0.25) is 0 Å². The fraction of sp³-hybridized carbons (Fsp3) is 0.636. The molecule has 0 saturated carbocycles. The van der Waals surface area contributed by atoms with Crippen LogP contribution in [0.3, 0.4) is 0 Å². The van der Waals surface area contributed by atoms with E-state index >= 15 is 0 Å². The monoisotopic (exact) mass is 195 g/mol. The summed E-state index contributed by atoms with van der Waals surface area (Å²) in [6, 6.07) is 2.13. The van der Waals surface area contributed by atoms with Gasteiger partial charge in [0, 0.05) is 6.08 Å². The van der Waals surface area contributed by atoms with Gasteiger partial charge in [-0.05, 0) is 6.42 Å². The first-order valence-electron chi connectivity index (χ1n) is 4.93. The third kappa shape index (κ3) is 6.24. The lowest BCUT2D eigenvalue weighted by molar-refractivity contribution is -0.138. The summed E-state index contributed by atoms with van der Waals surface area (Å²) in [5.74, 6) is -0.633. The van der Waals surface area contributed by atoms with Crippen LogP contribution >= 0.6 is 0 Å². The molecule has 0 radical (unpaired) electrons. The smallest absolute Gasteiger partial charge is 0.330 e. The van der Waals surface area contributed by atoms with Crippen LogP contribution < -0.4 is 0 Å². The Bertz CT molecular complexity index is 218. The maximum Gasteiger partial charge on any atom is 0.330 e. The summed E-state index contributed by atoms with van der Waals surface area (Å²) >= 11 is 0. The topological polar surface area (TPSA) is 50.1 Å². The summed E-state index contributed by atoms with van der Waals surface area (Å²) in [7, 11) is 0. The van der Waals surface area contributed by atoms with Crippen LogP contribution in [-0.4, -0.2) is 12.6 Å². The molecule has 3 nitrogen and oxygen atoms in total. The maximum atomic E-state index is 10.7. The normalized spacial score (nSPS) is 11.4. The third-order valence-corrected chi connectivity index (χ3v) is 1.93. The fourth-order valence-electron chi connectivity index (χ4n) is 1.07. The molecule has 0 aromatic carbocycles. The van der Waals surface area contributed by atoms with Crippen LogP contribution in [0.1, 0.15) is 32.6 Å². The van der Waals surface area contributed by atoms with Crippen molar-refractivity contribution in [3.05, 3.63) is 12.7 Å². The van der Waals surface area contributed by atoms with Crippen LogP contribution in [0.15, 0.2) is 12.7 Å². The number of ether oxygens (including phenoxy) is 1. The van der Waals surface area contributed by atoms with Crippen LogP contribution in [0.25, 0.3) is 0 Å². The average Bonchev–Trinajstić information content (AvgIpc) is 2.22. The number of hydrogen-bond acceptors (Lipinski definition) is 3. The Morgan fingerprint density at radius 2 is 2.36 bits per heavy atom. The summed E-state index contributed by atoms with van der Waals surface area (Å²) in [6.45, 7) is 5.58. The fourth-order valence-corrected chi connectivity index (χ4v) is 1.07. The first-order valence-corrected chi connectivity index (χ1v) is 4.93. The quantitative estimate of drug-likeness (QED) is 0.356. The van der Waals surface area contributed by atoms with E-state index in [0.717, 1.165) is 31.8 Å². The van der Waals surface area contributed by atoms with Crippen LogP contribution in [-0.2, 0) is 9.53 Å². The molecule has 0 spiro atoms. The van der Waals surface area contributed by atoms with E-state index in [-0.39, 0.29) is 12.5 Å². The molecule has 0 saturated heterocycles. The van der Waals surface area contributed by atoms with Gasteiger partial charge in [0.05, 0.1) is 12.0 Å². The van der Waals surface area contributed by atoms with Gasteiger partial charge in [0.1, 0.15) is 6.61 Å². The Morgan fingerprint density at radius 3 is 2.86 bits per heavy atom. The van der Waals surface area contributed by atoms with Crippen molar-refractivity contribution in [1.29, 1.82) is 5.26 Å². The van der Waals surface area contributed by atoms with Crippen molar-refractivity contribution < 1.29 is 9.53 Å². The minimum Gasteiger partial charge on any atom is -0.461 e. The second-order valence-corrected chi connectivity index (χ2v) is 3.16. The van der Waals surface area contributed by atoms with Crippen LogP contribution in [0.5, 0.6) is 0 Å². The van der Waals surface area contributed by atoms with Crippen molar-refractivity contribution in [3.8, 4) is 6.07 Å². The molecule has 0 bridgehead atoms. The van der Waals surface area contributed by atoms with E-state index in [9.17, 15) is 4.79 Å². The predicted octanol–water partition coefficient (Wildman–Crippen LogP) is 2.44. The second kappa shape index (κ2) is 8.31. The van der Waals surface area contributed by atoms with E-state index in [1.807, 2.05) is 0 Å². The van der Waals surface area contributed by atoms with Crippen LogP contribution in [0, 0.1) is 17.2 Å². The highest BCUT2D eigenvalue weighted by Crippen LogP contribution is 2.09. The Labute approximate surface area is 85.4 Å². The first-order chi connectivity index (χ1) is 6.74. The van der Waals surface area contributed by atoms with Gasteiger partial charge in [-0.25, -0.2) is 4.79 Å². The second-order valence-electron chi connectivity index (χ2n) is 3.16. The van der Waals surface area contributed by atoms with Gasteiger partial charge in [0.15, 0.2) is 0 Å². The first kappa shape index (κ1) is 12.7. The third-order valence-electron chi connectivity index (χ3n) is 1.93. The molecule has 14 heavy (non-hydrogen) atoms. The standard InChI is InChI=1S/C11H17NO2/c1-3-5-6-7-10(8-12)9-14-11(13)4-2/h4,10H,2-3,5-7,9H2,1H3. The largest absolute Gasteiger partial charge is 0.461 e. The number of esters is 1. The summed E-state index contributed by atoms with van der Waals surface area (Å²) in [6.07, 6.45) is 5.17. The van der Waals surface area contributed by atoms with Crippen molar-refractivity contribution >= 4 is 5.97 Å². The summed E-state index contributed by atoms with van der Waals surface area (Å²) in [5, 5.41) is 8.74. The lowest BCUT2D eigenvalue weighted by Crippen LogP contribution is -2.11. The molecule has 1 atom stereocenters. The number of unbranched alkanes of at least 4 members (excludes halogenated alkanes) is 2. The van der Waals surface area contributed by atoms with Crippen molar-refractivity contribution in [1.82, 2.24) is 0 Å². The molecule has 0 rings (SSSR count). The van der Waals surface area contributed by atoms with Gasteiger partial charge in [-0.3, -0.25) is 0 Å². The molecule has 0 aliphatic heterocycles. The molecule has 0 aromatic rings. The van der Waals surface area contributed by atoms with E-state index in [0.29, 0.717) is 0 Å². The van der Waals surface area contributed by atoms with Gasteiger partial charge in [-0.1, -0.05) is 32.8 Å². The molecule has 0 aliphatic rings. The van der Waals surface area contributed by atoms with Crippen molar-refractivity contribution in [2.24, 2.45) is 5.92 Å². The van der Waals surface area contributed by atoms with Gasteiger partial charge in [0.25, 0.3) is 0 Å². The van der Waals surface area contributed by atoms with Gasteiger partial charge in [-0.2, -0.15) is 5.26 Å². The molecule has 0 aromatic heterocycles. The Kier molecular flexibility index (Phi) is 7.53. The van der Waals surface area contributed by atoms with E-state index in [2.05, 4.69) is 19.6 Å². The van der Waals surface area contributed by atoms with E-state index in [1.165, 1.54) is 0 Å². The number of nitrogens with zero attached hydrogens (tertiary/aromatic N) is 1. The molecule has 78 valence electrons. The van der Waals surface area contributed by atoms with E-state index in [1.54, 1.807) is 0 Å². The molecular formula is C11H17NO2. The molecule has 3 heteroatoms. The van der Waals surface area contributed by atoms with E-state index < -0.39 is 5.97 Å². The Morgan fingerprint density at radius 1 is 1.64 bits per heavy atom. The zero-order chi connectivity index (χ0) is 10.8. The van der Waals surface area contributed by atoms with Gasteiger partial charge in [-0.15, -0.1) is 0 Å². The zero-order valence-electron chi connectivity index (χ0n) is 8.66. The number of nitriles is 1. The van der Waals surface area contributed by atoms with Crippen molar-refractivity contribution in [3.63, 3.8) is 0 Å². The SMILES string of the molecule is C=CC(=O)OCC(C#N)CCCCC. The molecule has 0 amide bonds. The van der Waals surface area contributed by atoms with Crippen LogP contribution in [0.4, 0.5) is 0 Å². The van der Waals surface area contributed by atoms with Crippen molar-refractivity contribution in [2.75, 3.05) is 6.61 Å². The van der Waals surface area contributed by atoms with Gasteiger partial charge < -0.3 is 4.74 Å². The number of hydrogen-bond donors (Lipinski definition) is 0. The highest BCUT2D eigenvalue weighted by Gasteiger charge is 2.08. The number of carbonyl (C=O) groups is 1. The summed E-state index contributed by atoms with van der Waals surface area (Å²) in [4.78, 5) is 10.7. The molecule has 1 unspecified atom stereocenters. The maximum absolute atomic E-state index is 10.7. The summed E-state index contributed by atoms with van der Waals surface area (Å²) in [5.41, 5.74) is 0. The lowest BCUT2D eigenvalue weighted by atomic mass is 10.0. The van der Waals surface area contributed by atoms with Crippen molar-refractivity contribution in [2.45, 2.75) is 32.6 Å². The number of carbonyl (C=O) groups excluding carboxylic acids is 1. The highest BCUT2D eigenvalue weighted by molar-refractivity contribution is 5.81. The Balaban J connectivity index is 3.64. The molecular weight excluding hydrogens is 178 g/mol. The van der Waals surface area contributed by atoms with Crippen LogP contribution in [0.2, 0.25) is 0 Å². The molecule has 0 fully saturated rings. The summed E-state index contributed by atoms with van der Waals surface area (Å²) < 4.78 is 4.80. The van der Waals surface area contributed by atoms with E-state index in [4.69, 9.17) is 10.00 Å². The minimum atomic E-state index is -0.458. The Hall–Kier alpha value is -1.30. The molecule has 0 heterocycles.